The van der Waals surface area contributed by atoms with E-state index in [1.54, 1.807) is 0 Å². The van der Waals surface area contributed by atoms with Crippen LogP contribution in [0.5, 0.6) is 0 Å². The van der Waals surface area contributed by atoms with Gasteiger partial charge in [-0.25, -0.2) is 5.84 Å². The van der Waals surface area contributed by atoms with E-state index in [0.717, 1.165) is 25.6 Å². The van der Waals surface area contributed by atoms with Crippen LogP contribution in [-0.2, 0) is 6.54 Å². The van der Waals surface area contributed by atoms with Crippen LogP contribution in [0.1, 0.15) is 33.0 Å². The number of nitrogens with one attached hydrogen (secondary N) is 1. The van der Waals surface area contributed by atoms with Crippen LogP contribution in [0.4, 0.5) is 0 Å². The molecular weight excluding hydrogens is 284 g/mol. The Bertz CT molecular complexity index is 504. The second-order valence-electron chi connectivity index (χ2n) is 6.19. The average Bonchev–Trinajstić information content (AvgIpc) is 3.23. The molecule has 0 unspecified atom stereocenters. The Balaban J connectivity index is 1.52. The largest absolute Gasteiger partial charge is 0.301 e. The Labute approximate surface area is 130 Å². The van der Waals surface area contributed by atoms with Crippen molar-refractivity contribution in [2.75, 3.05) is 32.7 Å². The van der Waals surface area contributed by atoms with Crippen molar-refractivity contribution in [2.24, 2.45) is 11.8 Å². The minimum atomic E-state index is -0.191. The van der Waals surface area contributed by atoms with Crippen LogP contribution in [-0.4, -0.2) is 48.4 Å². The van der Waals surface area contributed by atoms with Gasteiger partial charge in [-0.15, -0.1) is 11.3 Å². The molecule has 0 aromatic carbocycles. The minimum Gasteiger partial charge on any atom is -0.301 e. The van der Waals surface area contributed by atoms with Crippen molar-refractivity contribution in [3.05, 3.63) is 21.4 Å². The van der Waals surface area contributed by atoms with Gasteiger partial charge in [0.2, 0.25) is 0 Å². The lowest BCUT2D eigenvalue weighted by molar-refractivity contribution is 0.0957. The van der Waals surface area contributed by atoms with Gasteiger partial charge in [0.15, 0.2) is 0 Å². The average molecular weight is 308 g/mol. The van der Waals surface area contributed by atoms with E-state index in [1.807, 2.05) is 6.07 Å². The topological polar surface area (TPSA) is 61.6 Å². The fourth-order valence-electron chi connectivity index (χ4n) is 2.90. The standard InChI is InChI=1S/C15H24N4OS/c1-11-13(8-14(21-11)15(20)17-16)10-19-6-4-18(5-7-19)9-12-2-3-12/h8,12H,2-7,9-10,16H2,1H3,(H,17,20). The van der Waals surface area contributed by atoms with Crippen LogP contribution in [0, 0.1) is 12.8 Å². The molecule has 1 aliphatic heterocycles. The molecule has 0 radical (unpaired) electrons. The third-order valence-corrected chi connectivity index (χ3v) is 5.54. The highest BCUT2D eigenvalue weighted by Gasteiger charge is 2.26. The molecule has 0 bridgehead atoms. The second-order valence-corrected chi connectivity index (χ2v) is 7.44. The van der Waals surface area contributed by atoms with Gasteiger partial charge in [-0.3, -0.25) is 15.1 Å². The molecular formula is C15H24N4OS. The van der Waals surface area contributed by atoms with E-state index < -0.39 is 0 Å². The first-order valence-electron chi connectivity index (χ1n) is 7.70. The minimum absolute atomic E-state index is 0.191. The number of thiophene rings is 1. The Kier molecular flexibility index (Phi) is 4.59. The molecule has 2 fully saturated rings. The summed E-state index contributed by atoms with van der Waals surface area (Å²) in [6.45, 7) is 8.92. The molecule has 0 atom stereocenters. The number of carbonyl (C=O) groups excluding carboxylic acids is 1. The number of piperazine rings is 1. The summed E-state index contributed by atoms with van der Waals surface area (Å²) in [7, 11) is 0. The summed E-state index contributed by atoms with van der Waals surface area (Å²) in [6.07, 6.45) is 2.86. The lowest BCUT2D eigenvalue weighted by atomic mass is 10.2. The number of hydrogen-bond acceptors (Lipinski definition) is 5. The molecule has 21 heavy (non-hydrogen) atoms. The summed E-state index contributed by atoms with van der Waals surface area (Å²) in [6, 6.07) is 1.98. The van der Waals surface area contributed by atoms with Crippen molar-refractivity contribution in [1.82, 2.24) is 15.2 Å². The molecule has 0 spiro atoms. The highest BCUT2D eigenvalue weighted by molar-refractivity contribution is 7.14. The van der Waals surface area contributed by atoms with Crippen LogP contribution < -0.4 is 11.3 Å². The second kappa shape index (κ2) is 6.44. The van der Waals surface area contributed by atoms with E-state index >= 15 is 0 Å². The van der Waals surface area contributed by atoms with Crippen molar-refractivity contribution in [1.29, 1.82) is 0 Å². The predicted octanol–water partition coefficient (Wildman–Crippen LogP) is 1.19. The Morgan fingerprint density at radius 1 is 1.33 bits per heavy atom. The summed E-state index contributed by atoms with van der Waals surface area (Å²) in [5.74, 6) is 5.99. The van der Waals surface area contributed by atoms with E-state index in [4.69, 9.17) is 5.84 Å². The molecule has 1 saturated heterocycles. The normalized spacial score (nSPS) is 20.7. The Morgan fingerprint density at radius 3 is 2.62 bits per heavy atom. The monoisotopic (exact) mass is 308 g/mol. The molecule has 2 aliphatic rings. The van der Waals surface area contributed by atoms with Crippen molar-refractivity contribution < 1.29 is 4.79 Å². The van der Waals surface area contributed by atoms with Crippen LogP contribution in [0.2, 0.25) is 0 Å². The van der Waals surface area contributed by atoms with E-state index in [2.05, 4.69) is 22.1 Å². The molecule has 6 heteroatoms. The first kappa shape index (κ1) is 15.0. The molecule has 1 amide bonds. The number of rotatable bonds is 5. The van der Waals surface area contributed by atoms with Crippen molar-refractivity contribution in [2.45, 2.75) is 26.3 Å². The van der Waals surface area contributed by atoms with E-state index in [0.29, 0.717) is 4.88 Å². The predicted molar refractivity (Wildman–Crippen MR) is 85.2 cm³/mol. The Morgan fingerprint density at radius 2 is 2.00 bits per heavy atom. The smallest absolute Gasteiger partial charge is 0.275 e. The lowest BCUT2D eigenvalue weighted by Crippen LogP contribution is -2.46. The number of nitrogens with zero attached hydrogens (tertiary/aromatic N) is 2. The zero-order valence-corrected chi connectivity index (χ0v) is 13.4. The van der Waals surface area contributed by atoms with Gasteiger partial charge in [-0.1, -0.05) is 0 Å². The maximum Gasteiger partial charge on any atom is 0.275 e. The number of amides is 1. The Hall–Kier alpha value is -0.950. The zero-order chi connectivity index (χ0) is 14.8. The van der Waals surface area contributed by atoms with E-state index in [9.17, 15) is 4.79 Å². The number of hydrogen-bond donors (Lipinski definition) is 2. The zero-order valence-electron chi connectivity index (χ0n) is 12.6. The van der Waals surface area contributed by atoms with Crippen molar-refractivity contribution in [3.63, 3.8) is 0 Å². The lowest BCUT2D eigenvalue weighted by Gasteiger charge is -2.34. The van der Waals surface area contributed by atoms with Crippen LogP contribution in [0.15, 0.2) is 6.07 Å². The molecule has 1 aromatic heterocycles. The number of nitrogens with two attached hydrogens (primary N) is 1. The van der Waals surface area contributed by atoms with Crippen LogP contribution in [0.25, 0.3) is 0 Å². The number of carbonyl (C=O) groups is 1. The molecule has 1 aromatic rings. The summed E-state index contributed by atoms with van der Waals surface area (Å²) in [5.41, 5.74) is 3.47. The van der Waals surface area contributed by atoms with Gasteiger partial charge in [0.25, 0.3) is 5.91 Å². The third kappa shape index (κ3) is 3.83. The van der Waals surface area contributed by atoms with Crippen LogP contribution >= 0.6 is 11.3 Å². The van der Waals surface area contributed by atoms with E-state index in [-0.39, 0.29) is 5.91 Å². The third-order valence-electron chi connectivity index (χ3n) is 4.45. The maximum atomic E-state index is 11.6. The van der Waals surface area contributed by atoms with Gasteiger partial charge in [0.1, 0.15) is 0 Å². The van der Waals surface area contributed by atoms with Gasteiger partial charge in [-0.05, 0) is 37.3 Å². The summed E-state index contributed by atoms with van der Waals surface area (Å²) < 4.78 is 0. The highest BCUT2D eigenvalue weighted by atomic mass is 32.1. The molecule has 1 aliphatic carbocycles. The number of nitrogen functional groups attached to an aromatic ring is 1. The molecule has 5 nitrogen and oxygen atoms in total. The molecule has 3 rings (SSSR count). The van der Waals surface area contributed by atoms with Crippen molar-refractivity contribution >= 4 is 17.2 Å². The molecule has 1 saturated carbocycles. The molecule has 116 valence electrons. The SMILES string of the molecule is Cc1sc(C(=O)NN)cc1CN1CCN(CC2CC2)CC1. The first-order valence-corrected chi connectivity index (χ1v) is 8.52. The van der Waals surface area contributed by atoms with Gasteiger partial charge in [0.05, 0.1) is 4.88 Å². The van der Waals surface area contributed by atoms with Crippen LogP contribution in [0.3, 0.4) is 0 Å². The van der Waals surface area contributed by atoms with Gasteiger partial charge < -0.3 is 4.90 Å². The van der Waals surface area contributed by atoms with Gasteiger partial charge in [-0.2, -0.15) is 0 Å². The fourth-order valence-corrected chi connectivity index (χ4v) is 3.83. The van der Waals surface area contributed by atoms with Gasteiger partial charge in [0, 0.05) is 44.1 Å². The quantitative estimate of drug-likeness (QED) is 0.487. The fraction of sp³-hybridized carbons (Fsp3) is 0.667. The molecule has 2 heterocycles. The highest BCUT2D eigenvalue weighted by Crippen LogP contribution is 2.30. The summed E-state index contributed by atoms with van der Waals surface area (Å²) in [4.78, 5) is 18.6. The summed E-state index contributed by atoms with van der Waals surface area (Å²) >= 11 is 1.52. The van der Waals surface area contributed by atoms with Gasteiger partial charge >= 0.3 is 0 Å². The first-order chi connectivity index (χ1) is 10.2. The van der Waals surface area contributed by atoms with E-state index in [1.165, 1.54) is 54.3 Å². The summed E-state index contributed by atoms with van der Waals surface area (Å²) in [5, 5.41) is 0. The molecule has 3 N–H and O–H groups in total. The number of hydrazine groups is 1. The van der Waals surface area contributed by atoms with Crippen molar-refractivity contribution in [3.8, 4) is 0 Å². The number of aryl methyl sites for hydroxylation is 1. The maximum absolute atomic E-state index is 11.6.